The molecule has 9 aromatic rings. The number of benzene rings is 8. The maximum absolute atomic E-state index is 2.47. The Morgan fingerprint density at radius 2 is 0.920 bits per heavy atom. The fraction of sp³-hybridized carbons (Fsp3) is 0.0833. The molecular weight excluding hydrogens is 605 g/mol. The summed E-state index contributed by atoms with van der Waals surface area (Å²) in [5.41, 5.74) is 10.9. The van der Waals surface area contributed by atoms with Gasteiger partial charge >= 0.3 is 0 Å². The van der Waals surface area contributed by atoms with E-state index in [1.807, 2.05) is 0 Å². The molecule has 0 atom stereocenters. The van der Waals surface area contributed by atoms with Gasteiger partial charge < -0.3 is 9.47 Å². The maximum atomic E-state index is 2.47. The zero-order chi connectivity index (χ0) is 33.8. The number of nitrogens with zero attached hydrogens (tertiary/aromatic N) is 2. The number of para-hydroxylation sites is 2. The second-order valence-corrected chi connectivity index (χ2v) is 14.2. The van der Waals surface area contributed by atoms with E-state index < -0.39 is 0 Å². The molecule has 0 fully saturated rings. The molecule has 0 aliphatic carbocycles. The molecule has 9 rings (SSSR count). The molecule has 0 N–H and O–H groups in total. The summed E-state index contributed by atoms with van der Waals surface area (Å²) in [4.78, 5) is 2.47. The molecule has 8 aromatic carbocycles. The number of anilines is 3. The zero-order valence-corrected chi connectivity index (χ0v) is 28.6. The molecule has 0 aliphatic rings. The molecule has 0 saturated carbocycles. The molecule has 0 saturated heterocycles. The SMILES string of the molecule is CC(C)(C)c1ccc2c(c1)c1cc(N(c3ccccc3)c3c4ccccc4c(-c4ccccc4)c4ccccc34)ccc1n2-c1ccccc1. The van der Waals surface area contributed by atoms with Crippen LogP contribution in [0.15, 0.2) is 176 Å². The van der Waals surface area contributed by atoms with Crippen molar-refractivity contribution in [2.24, 2.45) is 0 Å². The van der Waals surface area contributed by atoms with Crippen LogP contribution in [0.4, 0.5) is 17.1 Å². The first-order valence-corrected chi connectivity index (χ1v) is 17.5. The summed E-state index contributed by atoms with van der Waals surface area (Å²) in [5, 5.41) is 7.42. The fourth-order valence-electron chi connectivity index (χ4n) is 7.72. The van der Waals surface area contributed by atoms with Gasteiger partial charge in [0.15, 0.2) is 0 Å². The zero-order valence-electron chi connectivity index (χ0n) is 28.6. The van der Waals surface area contributed by atoms with Gasteiger partial charge in [0.05, 0.1) is 16.7 Å². The van der Waals surface area contributed by atoms with Crippen molar-refractivity contribution in [3.8, 4) is 16.8 Å². The predicted octanol–water partition coefficient (Wildman–Crippen LogP) is 13.5. The van der Waals surface area contributed by atoms with Crippen molar-refractivity contribution in [2.45, 2.75) is 26.2 Å². The van der Waals surface area contributed by atoms with E-state index in [2.05, 4.69) is 206 Å². The molecule has 1 heterocycles. The lowest BCUT2D eigenvalue weighted by Gasteiger charge is -2.29. The molecule has 2 heteroatoms. The van der Waals surface area contributed by atoms with Crippen LogP contribution in [-0.4, -0.2) is 4.57 Å². The normalized spacial score (nSPS) is 11.9. The number of rotatable bonds is 5. The van der Waals surface area contributed by atoms with Gasteiger partial charge in [0.1, 0.15) is 0 Å². The van der Waals surface area contributed by atoms with Gasteiger partial charge in [-0.2, -0.15) is 0 Å². The summed E-state index contributed by atoms with van der Waals surface area (Å²) in [5.74, 6) is 0. The minimum absolute atomic E-state index is 0.0291. The molecule has 0 spiro atoms. The Hall–Kier alpha value is -6.12. The average Bonchev–Trinajstić information content (AvgIpc) is 3.48. The van der Waals surface area contributed by atoms with E-state index in [9.17, 15) is 0 Å². The smallest absolute Gasteiger partial charge is 0.0618 e. The minimum atomic E-state index is 0.0291. The van der Waals surface area contributed by atoms with Gasteiger partial charge in [-0.3, -0.25) is 0 Å². The summed E-state index contributed by atoms with van der Waals surface area (Å²) in [7, 11) is 0. The standard InChI is InChI=1S/C48H38N2/c1-48(2,3)34-27-29-44-42(31-34)43-32-37(28-30-45(43)50(44)36-21-11-6-12-22-36)49(35-19-9-5-10-20-35)47-40-25-15-13-23-38(40)46(33-17-7-4-8-18-33)39-24-14-16-26-41(39)47/h4-32H,1-3H3. The van der Waals surface area contributed by atoms with Gasteiger partial charge in [0, 0.05) is 38.6 Å². The summed E-state index contributed by atoms with van der Waals surface area (Å²) >= 11 is 0. The average molecular weight is 643 g/mol. The van der Waals surface area contributed by atoms with Crippen LogP contribution in [-0.2, 0) is 5.41 Å². The van der Waals surface area contributed by atoms with Crippen molar-refractivity contribution in [2.75, 3.05) is 4.90 Å². The van der Waals surface area contributed by atoms with E-state index in [-0.39, 0.29) is 5.41 Å². The first-order chi connectivity index (χ1) is 24.5. The molecule has 2 nitrogen and oxygen atoms in total. The van der Waals surface area contributed by atoms with Crippen LogP contribution >= 0.6 is 0 Å². The van der Waals surface area contributed by atoms with Gasteiger partial charge in [0.25, 0.3) is 0 Å². The Morgan fingerprint density at radius 1 is 0.420 bits per heavy atom. The van der Waals surface area contributed by atoms with Crippen LogP contribution in [0, 0.1) is 0 Å². The van der Waals surface area contributed by atoms with E-state index in [1.165, 1.54) is 65.7 Å². The highest BCUT2D eigenvalue weighted by atomic mass is 15.1. The quantitative estimate of drug-likeness (QED) is 0.170. The number of hydrogen-bond acceptors (Lipinski definition) is 1. The Bertz CT molecular complexity index is 2610. The van der Waals surface area contributed by atoms with Gasteiger partial charge in [0.2, 0.25) is 0 Å². The third kappa shape index (κ3) is 4.87. The van der Waals surface area contributed by atoms with Crippen LogP contribution in [0.1, 0.15) is 26.3 Å². The van der Waals surface area contributed by atoms with Gasteiger partial charge in [-0.25, -0.2) is 0 Å². The number of hydrogen-bond donors (Lipinski definition) is 0. The molecule has 0 unspecified atom stereocenters. The van der Waals surface area contributed by atoms with Crippen LogP contribution < -0.4 is 4.90 Å². The molecule has 0 amide bonds. The summed E-state index contributed by atoms with van der Waals surface area (Å²) in [6.07, 6.45) is 0. The third-order valence-corrected chi connectivity index (χ3v) is 10.1. The Kier molecular flexibility index (Phi) is 7.07. The van der Waals surface area contributed by atoms with Crippen LogP contribution in [0.2, 0.25) is 0 Å². The Morgan fingerprint density at radius 3 is 1.52 bits per heavy atom. The van der Waals surface area contributed by atoms with E-state index in [0.29, 0.717) is 0 Å². The van der Waals surface area contributed by atoms with Gasteiger partial charge in [-0.05, 0) is 87.5 Å². The third-order valence-electron chi connectivity index (χ3n) is 10.1. The summed E-state index contributed by atoms with van der Waals surface area (Å²) in [6, 6.07) is 64.2. The first kappa shape index (κ1) is 30.0. The van der Waals surface area contributed by atoms with Crippen molar-refractivity contribution in [1.82, 2.24) is 4.57 Å². The second-order valence-electron chi connectivity index (χ2n) is 14.2. The van der Waals surface area contributed by atoms with E-state index in [1.54, 1.807) is 0 Å². The van der Waals surface area contributed by atoms with Crippen LogP contribution in [0.3, 0.4) is 0 Å². The second kappa shape index (κ2) is 11.8. The molecule has 50 heavy (non-hydrogen) atoms. The lowest BCUT2D eigenvalue weighted by atomic mass is 9.86. The number of fused-ring (bicyclic) bond motifs is 5. The summed E-state index contributed by atoms with van der Waals surface area (Å²) in [6.45, 7) is 6.88. The van der Waals surface area contributed by atoms with Crippen molar-refractivity contribution in [3.63, 3.8) is 0 Å². The highest BCUT2D eigenvalue weighted by Gasteiger charge is 2.24. The van der Waals surface area contributed by atoms with Gasteiger partial charge in [-0.15, -0.1) is 0 Å². The monoisotopic (exact) mass is 642 g/mol. The molecule has 0 aliphatic heterocycles. The Labute approximate surface area is 293 Å². The van der Waals surface area contributed by atoms with E-state index >= 15 is 0 Å². The fourth-order valence-corrected chi connectivity index (χ4v) is 7.72. The van der Waals surface area contributed by atoms with Crippen molar-refractivity contribution in [1.29, 1.82) is 0 Å². The van der Waals surface area contributed by atoms with Crippen molar-refractivity contribution in [3.05, 3.63) is 181 Å². The van der Waals surface area contributed by atoms with Crippen molar-refractivity contribution >= 4 is 60.4 Å². The Balaban J connectivity index is 1.39. The maximum Gasteiger partial charge on any atom is 0.0618 e. The van der Waals surface area contributed by atoms with Crippen molar-refractivity contribution < 1.29 is 0 Å². The van der Waals surface area contributed by atoms with E-state index in [4.69, 9.17) is 0 Å². The highest BCUT2D eigenvalue weighted by Crippen LogP contribution is 2.49. The van der Waals surface area contributed by atoms with Crippen LogP contribution in [0.5, 0.6) is 0 Å². The van der Waals surface area contributed by atoms with E-state index in [0.717, 1.165) is 17.1 Å². The van der Waals surface area contributed by atoms with Crippen LogP contribution in [0.25, 0.3) is 60.2 Å². The number of aromatic nitrogens is 1. The summed E-state index contributed by atoms with van der Waals surface area (Å²) < 4.78 is 2.41. The topological polar surface area (TPSA) is 8.17 Å². The molecule has 0 bridgehead atoms. The largest absolute Gasteiger partial charge is 0.309 e. The molecule has 0 radical (unpaired) electrons. The molecule has 240 valence electrons. The first-order valence-electron chi connectivity index (χ1n) is 17.5. The predicted molar refractivity (Wildman–Crippen MR) is 215 cm³/mol. The molecular formula is C48H38N2. The highest BCUT2D eigenvalue weighted by molar-refractivity contribution is 6.22. The van der Waals surface area contributed by atoms with Gasteiger partial charge in [-0.1, -0.05) is 142 Å². The lowest BCUT2D eigenvalue weighted by Crippen LogP contribution is -2.11. The molecule has 1 aromatic heterocycles. The minimum Gasteiger partial charge on any atom is -0.309 e. The lowest BCUT2D eigenvalue weighted by molar-refractivity contribution is 0.591.